The van der Waals surface area contributed by atoms with Gasteiger partial charge in [-0.25, -0.2) is 14.5 Å². The highest BCUT2D eigenvalue weighted by Gasteiger charge is 2.22. The molecule has 0 aliphatic carbocycles. The van der Waals surface area contributed by atoms with Crippen LogP contribution in [-0.4, -0.2) is 19.6 Å². The second-order valence-corrected chi connectivity index (χ2v) is 7.36. The van der Waals surface area contributed by atoms with E-state index in [1.807, 2.05) is 78.9 Å². The number of benzene rings is 3. The first-order chi connectivity index (χ1) is 15.9. The first-order valence-corrected chi connectivity index (χ1v) is 10.3. The van der Waals surface area contributed by atoms with Crippen LogP contribution in [0, 0.1) is 0 Å². The molecule has 0 saturated carbocycles. The first kappa shape index (κ1) is 18.3. The maximum Gasteiger partial charge on any atom is 0.232 e. The Morgan fingerprint density at radius 2 is 1.44 bits per heavy atom. The Balaban J connectivity index is 1.53. The Hall–Kier alpha value is -4.45. The van der Waals surface area contributed by atoms with E-state index < -0.39 is 0 Å². The van der Waals surface area contributed by atoms with Crippen LogP contribution in [0.15, 0.2) is 102 Å². The standard InChI is InChI=1S/C26H18N4O2/c1-4-10-18(11-5-1)22-23-25-28-21(16-31-20-14-8-3-9-15-20)29-30(25)17-27-26(23)32-24(22)19-12-6-2-7-13-19/h1-15,17H,16H2. The summed E-state index contributed by atoms with van der Waals surface area (Å²) in [6, 6.07) is 29.8. The van der Waals surface area contributed by atoms with Gasteiger partial charge in [-0.05, 0) is 17.7 Å². The number of aromatic nitrogens is 4. The summed E-state index contributed by atoms with van der Waals surface area (Å²) in [7, 11) is 0. The van der Waals surface area contributed by atoms with Crippen molar-refractivity contribution in [3.8, 4) is 28.2 Å². The minimum atomic E-state index is 0.261. The number of rotatable bonds is 5. The summed E-state index contributed by atoms with van der Waals surface area (Å²) in [5.41, 5.74) is 4.18. The van der Waals surface area contributed by atoms with Gasteiger partial charge in [0.2, 0.25) is 5.71 Å². The molecular weight excluding hydrogens is 400 g/mol. The van der Waals surface area contributed by atoms with E-state index in [0.717, 1.165) is 33.6 Å². The number of ether oxygens (including phenoxy) is 1. The average molecular weight is 418 g/mol. The van der Waals surface area contributed by atoms with E-state index in [-0.39, 0.29) is 6.61 Å². The number of nitrogens with zero attached hydrogens (tertiary/aromatic N) is 4. The van der Waals surface area contributed by atoms with E-state index in [9.17, 15) is 0 Å². The molecule has 0 saturated heterocycles. The second kappa shape index (κ2) is 7.67. The molecule has 6 heteroatoms. The molecule has 0 aliphatic rings. The van der Waals surface area contributed by atoms with Crippen LogP contribution in [0.3, 0.4) is 0 Å². The quantitative estimate of drug-likeness (QED) is 0.355. The van der Waals surface area contributed by atoms with Crippen LogP contribution >= 0.6 is 0 Å². The fourth-order valence-electron chi connectivity index (χ4n) is 3.84. The number of para-hydroxylation sites is 1. The Labute approximate surface area is 183 Å². The van der Waals surface area contributed by atoms with Gasteiger partial charge >= 0.3 is 0 Å². The number of fused-ring (bicyclic) bond motifs is 3. The van der Waals surface area contributed by atoms with Gasteiger partial charge in [-0.15, -0.1) is 5.10 Å². The van der Waals surface area contributed by atoms with Gasteiger partial charge in [0.25, 0.3) is 0 Å². The molecule has 0 unspecified atom stereocenters. The lowest BCUT2D eigenvalue weighted by molar-refractivity contribution is 0.296. The molecular formula is C26H18N4O2. The van der Waals surface area contributed by atoms with Crippen molar-refractivity contribution in [1.29, 1.82) is 0 Å². The van der Waals surface area contributed by atoms with Crippen LogP contribution < -0.4 is 4.74 Å². The van der Waals surface area contributed by atoms with Gasteiger partial charge in [-0.2, -0.15) is 0 Å². The van der Waals surface area contributed by atoms with Crippen LogP contribution in [0.25, 0.3) is 39.2 Å². The van der Waals surface area contributed by atoms with Crippen LogP contribution in [0.1, 0.15) is 5.82 Å². The highest BCUT2D eigenvalue weighted by atomic mass is 16.5. The molecule has 3 heterocycles. The summed E-state index contributed by atoms with van der Waals surface area (Å²) in [6.45, 7) is 0.261. The van der Waals surface area contributed by atoms with Gasteiger partial charge in [-0.3, -0.25) is 0 Å². The minimum absolute atomic E-state index is 0.261. The highest BCUT2D eigenvalue weighted by molar-refractivity contribution is 6.07. The number of hydrogen-bond donors (Lipinski definition) is 0. The molecule has 6 rings (SSSR count). The predicted molar refractivity (Wildman–Crippen MR) is 122 cm³/mol. The molecule has 3 aromatic heterocycles. The molecule has 6 aromatic rings. The van der Waals surface area contributed by atoms with Crippen LogP contribution in [0.5, 0.6) is 5.75 Å². The third-order valence-corrected chi connectivity index (χ3v) is 5.28. The molecule has 32 heavy (non-hydrogen) atoms. The van der Waals surface area contributed by atoms with Gasteiger partial charge in [-0.1, -0.05) is 78.9 Å². The second-order valence-electron chi connectivity index (χ2n) is 7.36. The summed E-state index contributed by atoms with van der Waals surface area (Å²) in [5.74, 6) is 2.11. The predicted octanol–water partition coefficient (Wildman–Crippen LogP) is 5.78. The summed E-state index contributed by atoms with van der Waals surface area (Å²) >= 11 is 0. The van der Waals surface area contributed by atoms with Crippen LogP contribution in [0.2, 0.25) is 0 Å². The molecule has 154 valence electrons. The van der Waals surface area contributed by atoms with E-state index in [1.165, 1.54) is 0 Å². The summed E-state index contributed by atoms with van der Waals surface area (Å²) in [6.07, 6.45) is 1.63. The molecule has 0 aliphatic heterocycles. The molecule has 0 fully saturated rings. The molecule has 0 amide bonds. The average Bonchev–Trinajstić information content (AvgIpc) is 3.46. The fraction of sp³-hybridized carbons (Fsp3) is 0.0385. The normalized spacial score (nSPS) is 11.2. The van der Waals surface area contributed by atoms with Gasteiger partial charge in [0.05, 0.1) is 5.39 Å². The van der Waals surface area contributed by atoms with Gasteiger partial charge < -0.3 is 9.15 Å². The Morgan fingerprint density at radius 3 is 2.16 bits per heavy atom. The third-order valence-electron chi connectivity index (χ3n) is 5.28. The zero-order valence-electron chi connectivity index (χ0n) is 17.1. The Morgan fingerprint density at radius 1 is 0.781 bits per heavy atom. The van der Waals surface area contributed by atoms with Crippen molar-refractivity contribution in [1.82, 2.24) is 19.6 Å². The lowest BCUT2D eigenvalue weighted by Gasteiger charge is -2.03. The Bertz CT molecular complexity index is 1510. The summed E-state index contributed by atoms with van der Waals surface area (Å²) in [5, 5.41) is 5.40. The minimum Gasteiger partial charge on any atom is -0.486 e. The Kier molecular flexibility index (Phi) is 4.39. The van der Waals surface area contributed by atoms with E-state index >= 15 is 0 Å². The summed E-state index contributed by atoms with van der Waals surface area (Å²) < 4.78 is 13.8. The van der Waals surface area contributed by atoms with Crippen molar-refractivity contribution in [2.75, 3.05) is 0 Å². The van der Waals surface area contributed by atoms with E-state index in [2.05, 4.69) is 22.2 Å². The largest absolute Gasteiger partial charge is 0.486 e. The highest BCUT2D eigenvalue weighted by Crippen LogP contribution is 2.41. The van der Waals surface area contributed by atoms with Crippen molar-refractivity contribution in [3.63, 3.8) is 0 Å². The van der Waals surface area contributed by atoms with Crippen LogP contribution in [0.4, 0.5) is 0 Å². The molecule has 0 radical (unpaired) electrons. The van der Waals surface area contributed by atoms with Crippen LogP contribution in [-0.2, 0) is 6.61 Å². The smallest absolute Gasteiger partial charge is 0.232 e. The fourth-order valence-corrected chi connectivity index (χ4v) is 3.84. The molecule has 0 bridgehead atoms. The molecule has 6 nitrogen and oxygen atoms in total. The van der Waals surface area contributed by atoms with Gasteiger partial charge in [0.1, 0.15) is 24.4 Å². The monoisotopic (exact) mass is 418 g/mol. The number of hydrogen-bond acceptors (Lipinski definition) is 5. The molecule has 0 N–H and O–H groups in total. The first-order valence-electron chi connectivity index (χ1n) is 10.3. The maximum atomic E-state index is 6.26. The van der Waals surface area contributed by atoms with E-state index in [1.54, 1.807) is 10.8 Å². The molecule has 0 atom stereocenters. The third kappa shape index (κ3) is 3.18. The lowest BCUT2D eigenvalue weighted by Crippen LogP contribution is -1.97. The maximum absolute atomic E-state index is 6.26. The van der Waals surface area contributed by atoms with Crippen molar-refractivity contribution in [3.05, 3.63) is 103 Å². The van der Waals surface area contributed by atoms with Crippen molar-refractivity contribution in [2.45, 2.75) is 6.61 Å². The lowest BCUT2D eigenvalue weighted by atomic mass is 9.99. The zero-order chi connectivity index (χ0) is 21.3. The van der Waals surface area contributed by atoms with Crippen molar-refractivity contribution >= 4 is 16.7 Å². The molecule has 0 spiro atoms. The zero-order valence-corrected chi connectivity index (χ0v) is 17.1. The number of furan rings is 1. The van der Waals surface area contributed by atoms with E-state index in [4.69, 9.17) is 14.1 Å². The summed E-state index contributed by atoms with van der Waals surface area (Å²) in [4.78, 5) is 9.30. The van der Waals surface area contributed by atoms with E-state index in [0.29, 0.717) is 17.2 Å². The van der Waals surface area contributed by atoms with Crippen molar-refractivity contribution < 1.29 is 9.15 Å². The van der Waals surface area contributed by atoms with Crippen molar-refractivity contribution in [2.24, 2.45) is 0 Å². The molecule has 3 aromatic carbocycles. The topological polar surface area (TPSA) is 65.5 Å². The SMILES string of the molecule is c1ccc(OCc2nc3c4c(-c5ccccc5)c(-c5ccccc5)oc4ncn3n2)cc1. The van der Waals surface area contributed by atoms with Gasteiger partial charge in [0, 0.05) is 11.1 Å². The van der Waals surface area contributed by atoms with Gasteiger partial charge in [0.15, 0.2) is 11.5 Å².